The summed E-state index contributed by atoms with van der Waals surface area (Å²) in [4.78, 5) is 25.2. The summed E-state index contributed by atoms with van der Waals surface area (Å²) in [5.74, 6) is 1.48. The zero-order chi connectivity index (χ0) is 18.5. The summed E-state index contributed by atoms with van der Waals surface area (Å²) < 4.78 is 5.21. The van der Waals surface area contributed by atoms with E-state index in [0.717, 1.165) is 37.7 Å². The van der Waals surface area contributed by atoms with Gasteiger partial charge < -0.3 is 19.9 Å². The highest BCUT2D eigenvalue weighted by Gasteiger charge is 2.19. The number of hydrogen-bond acceptors (Lipinski definition) is 6. The van der Waals surface area contributed by atoms with Crippen molar-refractivity contribution in [3.8, 4) is 5.75 Å². The Morgan fingerprint density at radius 1 is 1.04 bits per heavy atom. The molecule has 0 spiro atoms. The van der Waals surface area contributed by atoms with Gasteiger partial charge in [0.25, 0.3) is 5.91 Å². The Balaban J connectivity index is 1.58. The van der Waals surface area contributed by atoms with Gasteiger partial charge in [-0.25, -0.2) is 9.97 Å². The SMILES string of the molecule is COc1ccc(N2CCN(c3cnc(C(=O)NC(C)C)cn3)CC2)cc1. The van der Waals surface area contributed by atoms with Crippen LogP contribution in [0.3, 0.4) is 0 Å². The lowest BCUT2D eigenvalue weighted by molar-refractivity contribution is 0.0937. The number of piperazine rings is 1. The average Bonchev–Trinajstić information content (AvgIpc) is 2.68. The van der Waals surface area contributed by atoms with Crippen LogP contribution in [0.15, 0.2) is 36.7 Å². The lowest BCUT2D eigenvalue weighted by atomic mass is 10.2. The largest absolute Gasteiger partial charge is 0.497 e. The maximum Gasteiger partial charge on any atom is 0.271 e. The number of nitrogens with zero attached hydrogens (tertiary/aromatic N) is 4. The average molecular weight is 355 g/mol. The summed E-state index contributed by atoms with van der Waals surface area (Å²) in [7, 11) is 1.67. The number of carbonyl (C=O) groups excluding carboxylic acids is 1. The molecule has 26 heavy (non-hydrogen) atoms. The van der Waals surface area contributed by atoms with Gasteiger partial charge in [0.05, 0.1) is 19.5 Å². The molecule has 0 atom stereocenters. The van der Waals surface area contributed by atoms with E-state index in [1.807, 2.05) is 26.0 Å². The highest BCUT2D eigenvalue weighted by atomic mass is 16.5. The van der Waals surface area contributed by atoms with Crippen LogP contribution in [0.25, 0.3) is 0 Å². The molecule has 0 saturated carbocycles. The third-order valence-electron chi connectivity index (χ3n) is 4.33. The van der Waals surface area contributed by atoms with Crippen LogP contribution in [0, 0.1) is 0 Å². The van der Waals surface area contributed by atoms with Crippen molar-refractivity contribution in [2.75, 3.05) is 43.1 Å². The van der Waals surface area contributed by atoms with Gasteiger partial charge in [-0.3, -0.25) is 4.79 Å². The van der Waals surface area contributed by atoms with Crippen LogP contribution in [0.1, 0.15) is 24.3 Å². The maximum absolute atomic E-state index is 11.9. The molecular weight excluding hydrogens is 330 g/mol. The Hall–Kier alpha value is -2.83. The molecule has 1 aromatic heterocycles. The van der Waals surface area contributed by atoms with Gasteiger partial charge in [0.1, 0.15) is 17.3 Å². The Bertz CT molecular complexity index is 723. The van der Waals surface area contributed by atoms with Gasteiger partial charge in [0.15, 0.2) is 0 Å². The molecule has 1 aliphatic heterocycles. The van der Waals surface area contributed by atoms with Crippen LogP contribution in [-0.4, -0.2) is 55.2 Å². The Morgan fingerprint density at radius 2 is 1.69 bits per heavy atom. The summed E-state index contributed by atoms with van der Waals surface area (Å²) in [6.07, 6.45) is 3.22. The number of hydrogen-bond donors (Lipinski definition) is 1. The molecule has 1 amide bonds. The first-order valence-corrected chi connectivity index (χ1v) is 8.83. The van der Waals surface area contributed by atoms with Gasteiger partial charge in [-0.05, 0) is 38.1 Å². The molecule has 1 N–H and O–H groups in total. The second-order valence-electron chi connectivity index (χ2n) is 6.56. The summed E-state index contributed by atoms with van der Waals surface area (Å²) in [6, 6.07) is 8.20. The topological polar surface area (TPSA) is 70.6 Å². The van der Waals surface area contributed by atoms with Crippen LogP contribution in [-0.2, 0) is 0 Å². The molecule has 0 bridgehead atoms. The molecule has 3 rings (SSSR count). The summed E-state index contributed by atoms with van der Waals surface area (Å²) in [6.45, 7) is 7.37. The second-order valence-corrected chi connectivity index (χ2v) is 6.56. The number of benzene rings is 1. The summed E-state index contributed by atoms with van der Waals surface area (Å²) in [5.41, 5.74) is 1.54. The molecule has 7 nitrogen and oxygen atoms in total. The minimum absolute atomic E-state index is 0.0787. The fourth-order valence-corrected chi connectivity index (χ4v) is 2.92. The van der Waals surface area contributed by atoms with E-state index in [2.05, 4.69) is 37.2 Å². The van der Waals surface area contributed by atoms with Gasteiger partial charge in [-0.2, -0.15) is 0 Å². The normalized spacial score (nSPS) is 14.5. The van der Waals surface area contributed by atoms with Crippen LogP contribution >= 0.6 is 0 Å². The zero-order valence-electron chi connectivity index (χ0n) is 15.5. The number of aromatic nitrogens is 2. The van der Waals surface area contributed by atoms with Crippen molar-refractivity contribution in [2.24, 2.45) is 0 Å². The van der Waals surface area contributed by atoms with Crippen molar-refractivity contribution in [1.82, 2.24) is 15.3 Å². The molecule has 1 fully saturated rings. The lowest BCUT2D eigenvalue weighted by Gasteiger charge is -2.36. The monoisotopic (exact) mass is 355 g/mol. The number of nitrogens with one attached hydrogen (secondary N) is 1. The fraction of sp³-hybridized carbons (Fsp3) is 0.421. The van der Waals surface area contributed by atoms with Crippen molar-refractivity contribution in [1.29, 1.82) is 0 Å². The maximum atomic E-state index is 11.9. The van der Waals surface area contributed by atoms with Crippen molar-refractivity contribution in [3.63, 3.8) is 0 Å². The lowest BCUT2D eigenvalue weighted by Crippen LogP contribution is -2.46. The highest BCUT2D eigenvalue weighted by molar-refractivity contribution is 5.92. The van der Waals surface area contributed by atoms with Crippen molar-refractivity contribution in [2.45, 2.75) is 19.9 Å². The fourth-order valence-electron chi connectivity index (χ4n) is 2.92. The van der Waals surface area contributed by atoms with Gasteiger partial charge in [0, 0.05) is 37.9 Å². The van der Waals surface area contributed by atoms with Gasteiger partial charge in [0.2, 0.25) is 0 Å². The van der Waals surface area contributed by atoms with Crippen LogP contribution < -0.4 is 19.9 Å². The molecule has 1 aromatic carbocycles. The molecule has 0 radical (unpaired) electrons. The zero-order valence-corrected chi connectivity index (χ0v) is 15.5. The number of ether oxygens (including phenoxy) is 1. The molecule has 138 valence electrons. The van der Waals surface area contributed by atoms with E-state index in [1.165, 1.54) is 5.69 Å². The van der Waals surface area contributed by atoms with E-state index in [-0.39, 0.29) is 11.9 Å². The minimum Gasteiger partial charge on any atom is -0.497 e. The first kappa shape index (κ1) is 18.0. The molecular formula is C19H25N5O2. The molecule has 1 aliphatic rings. The standard InChI is InChI=1S/C19H25N5O2/c1-14(2)22-19(25)17-12-21-18(13-20-17)24-10-8-23(9-11-24)15-4-6-16(26-3)7-5-15/h4-7,12-14H,8-11H2,1-3H3,(H,22,25). The van der Waals surface area contributed by atoms with E-state index in [4.69, 9.17) is 4.74 Å². The Kier molecular flexibility index (Phi) is 5.55. The van der Waals surface area contributed by atoms with Gasteiger partial charge in [-0.1, -0.05) is 0 Å². The molecule has 2 aromatic rings. The molecule has 0 aliphatic carbocycles. The molecule has 1 saturated heterocycles. The second kappa shape index (κ2) is 8.03. The molecule has 7 heteroatoms. The van der Waals surface area contributed by atoms with E-state index in [1.54, 1.807) is 19.5 Å². The third-order valence-corrected chi connectivity index (χ3v) is 4.33. The molecule has 0 unspecified atom stereocenters. The number of carbonyl (C=O) groups is 1. The summed E-state index contributed by atoms with van der Waals surface area (Å²) >= 11 is 0. The first-order valence-electron chi connectivity index (χ1n) is 8.83. The Labute approximate surface area is 154 Å². The van der Waals surface area contributed by atoms with E-state index >= 15 is 0 Å². The van der Waals surface area contributed by atoms with Crippen molar-refractivity contribution < 1.29 is 9.53 Å². The van der Waals surface area contributed by atoms with Crippen molar-refractivity contribution in [3.05, 3.63) is 42.4 Å². The van der Waals surface area contributed by atoms with Gasteiger partial charge in [-0.15, -0.1) is 0 Å². The van der Waals surface area contributed by atoms with Crippen LogP contribution in [0.5, 0.6) is 5.75 Å². The van der Waals surface area contributed by atoms with E-state index in [9.17, 15) is 4.79 Å². The predicted octanol–water partition coefficient (Wildman–Crippen LogP) is 1.95. The number of methoxy groups -OCH3 is 1. The Morgan fingerprint density at radius 3 is 2.23 bits per heavy atom. The number of rotatable bonds is 5. The minimum atomic E-state index is -0.191. The smallest absolute Gasteiger partial charge is 0.271 e. The van der Waals surface area contributed by atoms with Crippen LogP contribution in [0.4, 0.5) is 11.5 Å². The van der Waals surface area contributed by atoms with Gasteiger partial charge >= 0.3 is 0 Å². The number of amides is 1. The van der Waals surface area contributed by atoms with Crippen LogP contribution in [0.2, 0.25) is 0 Å². The third kappa shape index (κ3) is 4.22. The quantitative estimate of drug-likeness (QED) is 0.884. The summed E-state index contributed by atoms with van der Waals surface area (Å²) in [5, 5.41) is 2.82. The molecule has 2 heterocycles. The number of anilines is 2. The first-order chi connectivity index (χ1) is 12.6. The highest BCUT2D eigenvalue weighted by Crippen LogP contribution is 2.21. The predicted molar refractivity (Wildman–Crippen MR) is 102 cm³/mol. The van der Waals surface area contributed by atoms with E-state index < -0.39 is 0 Å². The van der Waals surface area contributed by atoms with Crippen molar-refractivity contribution >= 4 is 17.4 Å². The van der Waals surface area contributed by atoms with E-state index in [0.29, 0.717) is 5.69 Å².